The molecule has 1 aromatic rings. The minimum atomic E-state index is 0.316. The van der Waals surface area contributed by atoms with Gasteiger partial charge in [0.05, 0.1) is 12.7 Å². The highest BCUT2D eigenvalue weighted by Crippen LogP contribution is 2.48. The largest absolute Gasteiger partial charge is 0.379 e. The molecule has 27 heavy (non-hydrogen) atoms. The van der Waals surface area contributed by atoms with Crippen molar-refractivity contribution in [3.63, 3.8) is 0 Å². The lowest BCUT2D eigenvalue weighted by Crippen LogP contribution is -2.38. The van der Waals surface area contributed by atoms with Crippen LogP contribution in [-0.4, -0.2) is 51.5 Å². The summed E-state index contributed by atoms with van der Waals surface area (Å²) < 4.78 is 11.3. The molecule has 3 rings (SSSR count). The zero-order valence-corrected chi connectivity index (χ0v) is 16.7. The van der Waals surface area contributed by atoms with E-state index in [0.29, 0.717) is 11.5 Å². The Kier molecular flexibility index (Phi) is 7.96. The number of hydrogen-bond acceptors (Lipinski definition) is 3. The molecule has 0 bridgehead atoms. The van der Waals surface area contributed by atoms with Gasteiger partial charge in [-0.3, -0.25) is 4.99 Å². The average Bonchev–Trinajstić information content (AvgIpc) is 3.24. The number of ether oxygens (including phenoxy) is 2. The number of nitrogens with one attached hydrogen (secondary N) is 2. The second-order valence-corrected chi connectivity index (χ2v) is 7.85. The fourth-order valence-electron chi connectivity index (χ4n) is 3.56. The minimum Gasteiger partial charge on any atom is -0.379 e. The van der Waals surface area contributed by atoms with Crippen LogP contribution in [0.3, 0.4) is 0 Å². The number of rotatable bonds is 11. The first-order valence-electron chi connectivity index (χ1n) is 10.6. The van der Waals surface area contributed by atoms with Gasteiger partial charge in [-0.05, 0) is 56.4 Å². The predicted octanol–water partition coefficient (Wildman–Crippen LogP) is 3.15. The summed E-state index contributed by atoms with van der Waals surface area (Å²) in [5.74, 6) is 0.927. The fraction of sp³-hybridized carbons (Fsp3) is 0.682. The van der Waals surface area contributed by atoms with Crippen molar-refractivity contribution in [2.24, 2.45) is 10.4 Å². The zero-order valence-electron chi connectivity index (χ0n) is 16.7. The van der Waals surface area contributed by atoms with E-state index < -0.39 is 0 Å². The third-order valence-electron chi connectivity index (χ3n) is 5.38. The van der Waals surface area contributed by atoms with Crippen molar-refractivity contribution in [2.45, 2.75) is 51.6 Å². The monoisotopic (exact) mass is 373 g/mol. The van der Waals surface area contributed by atoms with Crippen molar-refractivity contribution in [1.29, 1.82) is 0 Å². The van der Waals surface area contributed by atoms with Crippen LogP contribution in [0.15, 0.2) is 35.3 Å². The van der Waals surface area contributed by atoms with Crippen LogP contribution >= 0.6 is 0 Å². The molecule has 0 radical (unpaired) electrons. The molecular formula is C22H35N3O2. The smallest absolute Gasteiger partial charge is 0.191 e. The second-order valence-electron chi connectivity index (χ2n) is 7.85. The van der Waals surface area contributed by atoms with Gasteiger partial charge in [0.1, 0.15) is 0 Å². The first-order chi connectivity index (χ1) is 13.3. The average molecular weight is 374 g/mol. The van der Waals surface area contributed by atoms with E-state index >= 15 is 0 Å². The SMILES string of the molecule is CCNC(=NCC1(Cc2ccccc2)CC1)NCCCOCC1CCCO1. The van der Waals surface area contributed by atoms with Gasteiger partial charge in [-0.2, -0.15) is 0 Å². The van der Waals surface area contributed by atoms with Crippen LogP contribution in [0.2, 0.25) is 0 Å². The van der Waals surface area contributed by atoms with Crippen LogP contribution < -0.4 is 10.6 Å². The number of aliphatic imine (C=N–C) groups is 1. The van der Waals surface area contributed by atoms with Crippen LogP contribution in [0.1, 0.15) is 44.6 Å². The molecule has 0 aromatic heterocycles. The Morgan fingerprint density at radius 2 is 2.11 bits per heavy atom. The van der Waals surface area contributed by atoms with E-state index in [4.69, 9.17) is 14.5 Å². The Labute approximate surface area is 163 Å². The Balaban J connectivity index is 1.35. The van der Waals surface area contributed by atoms with Gasteiger partial charge in [0, 0.05) is 32.8 Å². The summed E-state index contributed by atoms with van der Waals surface area (Å²) in [7, 11) is 0. The van der Waals surface area contributed by atoms with Crippen LogP contribution in [0.4, 0.5) is 0 Å². The summed E-state index contributed by atoms with van der Waals surface area (Å²) in [6, 6.07) is 10.8. The molecule has 1 aromatic carbocycles. The van der Waals surface area contributed by atoms with Crippen LogP contribution in [0.5, 0.6) is 0 Å². The number of benzene rings is 1. The highest BCUT2D eigenvalue weighted by Gasteiger charge is 2.42. The van der Waals surface area contributed by atoms with Crippen LogP contribution in [0.25, 0.3) is 0 Å². The Hall–Kier alpha value is -1.59. The van der Waals surface area contributed by atoms with E-state index in [1.54, 1.807) is 0 Å². The van der Waals surface area contributed by atoms with E-state index in [-0.39, 0.29) is 0 Å². The number of hydrogen-bond donors (Lipinski definition) is 2. The Morgan fingerprint density at radius 1 is 1.26 bits per heavy atom. The van der Waals surface area contributed by atoms with Gasteiger partial charge in [-0.25, -0.2) is 0 Å². The summed E-state index contributed by atoms with van der Waals surface area (Å²) in [5.41, 5.74) is 1.79. The number of nitrogens with zero attached hydrogens (tertiary/aromatic N) is 1. The lowest BCUT2D eigenvalue weighted by Gasteiger charge is -2.16. The van der Waals surface area contributed by atoms with E-state index in [0.717, 1.165) is 64.7 Å². The van der Waals surface area contributed by atoms with Crippen molar-refractivity contribution in [3.05, 3.63) is 35.9 Å². The molecule has 1 aliphatic heterocycles. The lowest BCUT2D eigenvalue weighted by atomic mass is 9.97. The maximum Gasteiger partial charge on any atom is 0.191 e. The quantitative estimate of drug-likeness (QED) is 0.355. The van der Waals surface area contributed by atoms with Gasteiger partial charge in [-0.1, -0.05) is 30.3 Å². The maximum absolute atomic E-state index is 5.72. The molecule has 1 saturated heterocycles. The minimum absolute atomic E-state index is 0.316. The summed E-state index contributed by atoms with van der Waals surface area (Å²) >= 11 is 0. The molecule has 2 N–H and O–H groups in total. The third-order valence-corrected chi connectivity index (χ3v) is 5.38. The van der Waals surface area contributed by atoms with Crippen molar-refractivity contribution in [1.82, 2.24) is 10.6 Å². The second kappa shape index (κ2) is 10.7. The first-order valence-corrected chi connectivity index (χ1v) is 10.6. The topological polar surface area (TPSA) is 54.9 Å². The third kappa shape index (κ3) is 7.15. The molecular weight excluding hydrogens is 338 g/mol. The van der Waals surface area contributed by atoms with Gasteiger partial charge in [0.25, 0.3) is 0 Å². The molecule has 1 unspecified atom stereocenters. The Bertz CT molecular complexity index is 566. The summed E-state index contributed by atoms with van der Waals surface area (Å²) in [5, 5.41) is 6.80. The van der Waals surface area contributed by atoms with E-state index in [1.807, 2.05) is 0 Å². The number of guanidine groups is 1. The maximum atomic E-state index is 5.72. The van der Waals surface area contributed by atoms with Crippen molar-refractivity contribution >= 4 is 5.96 Å². The molecule has 1 saturated carbocycles. The molecule has 1 atom stereocenters. The zero-order chi connectivity index (χ0) is 18.8. The van der Waals surface area contributed by atoms with Gasteiger partial charge >= 0.3 is 0 Å². The molecule has 5 nitrogen and oxygen atoms in total. The highest BCUT2D eigenvalue weighted by molar-refractivity contribution is 5.79. The summed E-state index contributed by atoms with van der Waals surface area (Å²) in [6.07, 6.45) is 7.30. The normalized spacial score (nSPS) is 21.2. The lowest BCUT2D eigenvalue weighted by molar-refractivity contribution is 0.0168. The van der Waals surface area contributed by atoms with Gasteiger partial charge in [0.2, 0.25) is 0 Å². The molecule has 0 amide bonds. The van der Waals surface area contributed by atoms with Crippen molar-refractivity contribution < 1.29 is 9.47 Å². The fourth-order valence-corrected chi connectivity index (χ4v) is 3.56. The predicted molar refractivity (Wildman–Crippen MR) is 110 cm³/mol. The molecule has 2 fully saturated rings. The molecule has 1 heterocycles. The van der Waals surface area contributed by atoms with E-state index in [1.165, 1.54) is 24.8 Å². The Morgan fingerprint density at radius 3 is 2.81 bits per heavy atom. The standard InChI is InChI=1S/C22H35N3O2/c1-2-23-21(24-13-7-14-26-17-20-10-6-15-27-20)25-18-22(11-12-22)16-19-8-4-3-5-9-19/h3-5,8-9,20H,2,6-7,10-18H2,1H3,(H2,23,24,25). The molecule has 150 valence electrons. The summed E-state index contributed by atoms with van der Waals surface area (Å²) in [4.78, 5) is 4.86. The van der Waals surface area contributed by atoms with Gasteiger partial charge < -0.3 is 20.1 Å². The van der Waals surface area contributed by atoms with Gasteiger partial charge in [-0.15, -0.1) is 0 Å². The van der Waals surface area contributed by atoms with Crippen molar-refractivity contribution in [3.8, 4) is 0 Å². The van der Waals surface area contributed by atoms with Crippen LogP contribution in [0, 0.1) is 5.41 Å². The molecule has 5 heteroatoms. The molecule has 0 spiro atoms. The van der Waals surface area contributed by atoms with Crippen molar-refractivity contribution in [2.75, 3.05) is 39.5 Å². The van der Waals surface area contributed by atoms with Gasteiger partial charge in [0.15, 0.2) is 5.96 Å². The first kappa shape index (κ1) is 20.2. The molecule has 1 aliphatic carbocycles. The van der Waals surface area contributed by atoms with E-state index in [9.17, 15) is 0 Å². The van der Waals surface area contributed by atoms with E-state index in [2.05, 4.69) is 47.9 Å². The molecule has 2 aliphatic rings. The highest BCUT2D eigenvalue weighted by atomic mass is 16.5. The van der Waals surface area contributed by atoms with Crippen LogP contribution in [-0.2, 0) is 15.9 Å². The summed E-state index contributed by atoms with van der Waals surface area (Å²) in [6.45, 7) is 7.16.